The number of nitrogens with zero attached hydrogens (tertiary/aromatic N) is 3. The van der Waals surface area contributed by atoms with E-state index in [4.69, 9.17) is 10.5 Å². The molecule has 2 N–H and O–H groups in total. The Morgan fingerprint density at radius 3 is 2.45 bits per heavy atom. The van der Waals surface area contributed by atoms with Gasteiger partial charge in [0.05, 0.1) is 18.8 Å². The van der Waals surface area contributed by atoms with Crippen LogP contribution in [0.15, 0.2) is 12.4 Å². The second-order valence-corrected chi connectivity index (χ2v) is 5.45. The third-order valence-electron chi connectivity index (χ3n) is 3.89. The smallest absolute Gasteiger partial charge is 0.0590 e. The van der Waals surface area contributed by atoms with Crippen molar-refractivity contribution >= 4 is 0 Å². The number of nitrogens with two attached hydrogens (primary N) is 1. The van der Waals surface area contributed by atoms with Crippen LogP contribution in [-0.2, 0) is 11.8 Å². The number of hydrogen-bond donors (Lipinski definition) is 1. The summed E-state index contributed by atoms with van der Waals surface area (Å²) in [5, 5.41) is 4.30. The normalized spacial score (nSPS) is 15.0. The molecule has 0 fully saturated rings. The highest BCUT2D eigenvalue weighted by atomic mass is 16.5. The van der Waals surface area contributed by atoms with Crippen molar-refractivity contribution in [2.45, 2.75) is 51.7 Å². The first-order valence-corrected chi connectivity index (χ1v) is 7.53. The highest BCUT2D eigenvalue weighted by Gasteiger charge is 2.29. The Morgan fingerprint density at radius 1 is 1.40 bits per heavy atom. The van der Waals surface area contributed by atoms with Gasteiger partial charge in [0.15, 0.2) is 0 Å². The van der Waals surface area contributed by atoms with Gasteiger partial charge in [-0.05, 0) is 19.8 Å². The molecule has 0 aliphatic rings. The van der Waals surface area contributed by atoms with E-state index in [0.717, 1.165) is 26.0 Å². The Hall–Kier alpha value is -0.910. The number of hydrogen-bond acceptors (Lipinski definition) is 4. The van der Waals surface area contributed by atoms with E-state index in [0.29, 0.717) is 6.04 Å². The Morgan fingerprint density at radius 2 is 2.05 bits per heavy atom. The van der Waals surface area contributed by atoms with Gasteiger partial charge < -0.3 is 10.5 Å². The molecule has 0 saturated heterocycles. The topological polar surface area (TPSA) is 56.3 Å². The van der Waals surface area contributed by atoms with Crippen LogP contribution in [0.3, 0.4) is 0 Å². The molecule has 1 aromatic rings. The minimum absolute atomic E-state index is 0.0525. The van der Waals surface area contributed by atoms with Gasteiger partial charge in [0.25, 0.3) is 0 Å². The molecule has 20 heavy (non-hydrogen) atoms. The molecule has 0 aliphatic carbocycles. The lowest BCUT2D eigenvalue weighted by atomic mass is 9.98. The van der Waals surface area contributed by atoms with E-state index in [1.54, 1.807) is 7.11 Å². The first-order chi connectivity index (χ1) is 9.54. The summed E-state index contributed by atoms with van der Waals surface area (Å²) < 4.78 is 7.12. The molecule has 0 aliphatic heterocycles. The van der Waals surface area contributed by atoms with Gasteiger partial charge in [0, 0.05) is 44.5 Å². The van der Waals surface area contributed by atoms with Gasteiger partial charge in [-0.15, -0.1) is 0 Å². The fourth-order valence-electron chi connectivity index (χ4n) is 2.89. The summed E-state index contributed by atoms with van der Waals surface area (Å²) in [6, 6.07) is 0.752. The molecule has 5 heteroatoms. The fraction of sp³-hybridized carbons (Fsp3) is 0.800. The molecule has 0 bridgehead atoms. The summed E-state index contributed by atoms with van der Waals surface area (Å²) in [4.78, 5) is 2.48. The average Bonchev–Trinajstić information content (AvgIpc) is 2.82. The molecule has 116 valence electrons. The lowest BCUT2D eigenvalue weighted by molar-refractivity contribution is 0.0702. The van der Waals surface area contributed by atoms with E-state index in [1.165, 1.54) is 5.56 Å². The molecule has 0 radical (unpaired) electrons. The van der Waals surface area contributed by atoms with Gasteiger partial charge in [0.2, 0.25) is 0 Å². The van der Waals surface area contributed by atoms with Crippen LogP contribution in [-0.4, -0.2) is 47.0 Å². The molecule has 0 saturated carbocycles. The zero-order valence-corrected chi connectivity index (χ0v) is 13.5. The minimum atomic E-state index is 0.0525. The SMILES string of the molecule is CCC(CC)N(CCOC)C(c1cnn(C)c1)C(C)N. The summed E-state index contributed by atoms with van der Waals surface area (Å²) in [5.41, 5.74) is 7.46. The van der Waals surface area contributed by atoms with Crippen molar-refractivity contribution in [3.8, 4) is 0 Å². The summed E-state index contributed by atoms with van der Waals surface area (Å²) in [6.07, 6.45) is 6.22. The van der Waals surface area contributed by atoms with Gasteiger partial charge in [-0.3, -0.25) is 9.58 Å². The van der Waals surface area contributed by atoms with Gasteiger partial charge in [-0.1, -0.05) is 13.8 Å². The first-order valence-electron chi connectivity index (χ1n) is 7.53. The highest BCUT2D eigenvalue weighted by Crippen LogP contribution is 2.27. The minimum Gasteiger partial charge on any atom is -0.383 e. The molecule has 1 rings (SSSR count). The quantitative estimate of drug-likeness (QED) is 0.752. The molecule has 2 unspecified atom stereocenters. The maximum Gasteiger partial charge on any atom is 0.0590 e. The maximum absolute atomic E-state index is 6.28. The van der Waals surface area contributed by atoms with E-state index in [9.17, 15) is 0 Å². The van der Waals surface area contributed by atoms with Crippen LogP contribution < -0.4 is 5.73 Å². The van der Waals surface area contributed by atoms with Crippen molar-refractivity contribution in [1.29, 1.82) is 0 Å². The Kier molecular flexibility index (Phi) is 7.19. The summed E-state index contributed by atoms with van der Waals surface area (Å²) in [5.74, 6) is 0. The molecule has 0 amide bonds. The van der Waals surface area contributed by atoms with Crippen LogP contribution in [0.1, 0.15) is 45.2 Å². The third kappa shape index (κ3) is 4.30. The predicted molar refractivity (Wildman–Crippen MR) is 82.6 cm³/mol. The van der Waals surface area contributed by atoms with Crippen LogP contribution in [0.5, 0.6) is 0 Å². The van der Waals surface area contributed by atoms with Crippen LogP contribution in [0.4, 0.5) is 0 Å². The Labute approximate surface area is 123 Å². The predicted octanol–water partition coefficient (Wildman–Crippen LogP) is 1.95. The van der Waals surface area contributed by atoms with E-state index >= 15 is 0 Å². The molecule has 2 atom stereocenters. The number of aromatic nitrogens is 2. The zero-order chi connectivity index (χ0) is 15.1. The van der Waals surface area contributed by atoms with Crippen molar-refractivity contribution in [3.05, 3.63) is 18.0 Å². The monoisotopic (exact) mass is 282 g/mol. The molecular formula is C15H30N4O. The first kappa shape index (κ1) is 17.1. The van der Waals surface area contributed by atoms with E-state index < -0.39 is 0 Å². The number of ether oxygens (including phenoxy) is 1. The molecular weight excluding hydrogens is 252 g/mol. The van der Waals surface area contributed by atoms with Crippen LogP contribution in [0, 0.1) is 0 Å². The number of rotatable bonds is 9. The molecule has 0 aromatic carbocycles. The number of methoxy groups -OCH3 is 1. The van der Waals surface area contributed by atoms with Gasteiger partial charge >= 0.3 is 0 Å². The lowest BCUT2D eigenvalue weighted by Crippen LogP contribution is -2.46. The summed E-state index contributed by atoms with van der Waals surface area (Å²) in [7, 11) is 3.69. The third-order valence-corrected chi connectivity index (χ3v) is 3.89. The summed E-state index contributed by atoms with van der Waals surface area (Å²) in [6.45, 7) is 8.15. The highest BCUT2D eigenvalue weighted by molar-refractivity contribution is 5.13. The maximum atomic E-state index is 6.28. The summed E-state index contributed by atoms with van der Waals surface area (Å²) >= 11 is 0. The van der Waals surface area contributed by atoms with Gasteiger partial charge in [0.1, 0.15) is 0 Å². The van der Waals surface area contributed by atoms with Gasteiger partial charge in [-0.2, -0.15) is 5.10 Å². The van der Waals surface area contributed by atoms with Crippen LogP contribution in [0.2, 0.25) is 0 Å². The molecule has 5 nitrogen and oxygen atoms in total. The second kappa shape index (κ2) is 8.39. The molecule has 1 aromatic heterocycles. The van der Waals surface area contributed by atoms with Crippen molar-refractivity contribution < 1.29 is 4.74 Å². The number of aryl methyl sites for hydroxylation is 1. The van der Waals surface area contributed by atoms with E-state index in [2.05, 4.69) is 37.0 Å². The van der Waals surface area contributed by atoms with Crippen molar-refractivity contribution in [3.63, 3.8) is 0 Å². The standard InChI is InChI=1S/C15H30N4O/c1-6-14(7-2)19(8-9-20-5)15(12(3)16)13-10-17-18(4)11-13/h10-12,14-15H,6-9,16H2,1-5H3. The Bertz CT molecular complexity index is 374. The fourth-order valence-corrected chi connectivity index (χ4v) is 2.89. The molecule has 1 heterocycles. The zero-order valence-electron chi connectivity index (χ0n) is 13.5. The molecule has 0 spiro atoms. The van der Waals surface area contributed by atoms with E-state index in [1.807, 2.05) is 17.9 Å². The lowest BCUT2D eigenvalue weighted by Gasteiger charge is -2.39. The van der Waals surface area contributed by atoms with Crippen molar-refractivity contribution in [2.75, 3.05) is 20.3 Å². The second-order valence-electron chi connectivity index (χ2n) is 5.45. The average molecular weight is 282 g/mol. The van der Waals surface area contributed by atoms with Crippen LogP contribution >= 0.6 is 0 Å². The van der Waals surface area contributed by atoms with Gasteiger partial charge in [-0.25, -0.2) is 0 Å². The van der Waals surface area contributed by atoms with Crippen molar-refractivity contribution in [1.82, 2.24) is 14.7 Å². The van der Waals surface area contributed by atoms with E-state index in [-0.39, 0.29) is 12.1 Å². The van der Waals surface area contributed by atoms with Crippen molar-refractivity contribution in [2.24, 2.45) is 12.8 Å². The van der Waals surface area contributed by atoms with Crippen LogP contribution in [0.25, 0.3) is 0 Å². The Balaban J connectivity index is 3.03. The largest absolute Gasteiger partial charge is 0.383 e.